The highest BCUT2D eigenvalue weighted by Crippen LogP contribution is 2.28. The smallest absolute Gasteiger partial charge is 0.133 e. The Morgan fingerprint density at radius 1 is 1.15 bits per heavy atom. The number of benzene rings is 2. The van der Waals surface area contributed by atoms with Crippen LogP contribution in [0.25, 0.3) is 0 Å². The minimum Gasteiger partial charge on any atom is -0.323 e. The summed E-state index contributed by atoms with van der Waals surface area (Å²) >= 11 is 4.83. The van der Waals surface area contributed by atoms with Crippen molar-refractivity contribution in [3.05, 3.63) is 63.6 Å². The van der Waals surface area contributed by atoms with Gasteiger partial charge in [-0.15, -0.1) is 11.8 Å². The lowest BCUT2D eigenvalue weighted by Crippen LogP contribution is -2.17. The van der Waals surface area contributed by atoms with Crippen LogP contribution < -0.4 is 5.73 Å². The summed E-state index contributed by atoms with van der Waals surface area (Å²) in [5, 5.41) is 0. The van der Waals surface area contributed by atoms with E-state index < -0.39 is 17.7 Å². The molecule has 20 heavy (non-hydrogen) atoms. The third-order valence-corrected chi connectivity index (χ3v) is 4.59. The van der Waals surface area contributed by atoms with E-state index >= 15 is 0 Å². The molecule has 0 fully saturated rings. The second-order valence-electron chi connectivity index (χ2n) is 4.46. The van der Waals surface area contributed by atoms with Gasteiger partial charge in [0, 0.05) is 26.7 Å². The van der Waals surface area contributed by atoms with Crippen molar-refractivity contribution in [1.29, 1.82) is 0 Å². The van der Waals surface area contributed by atoms with Crippen LogP contribution in [-0.4, -0.2) is 5.75 Å². The Morgan fingerprint density at radius 2 is 1.80 bits per heavy atom. The van der Waals surface area contributed by atoms with Gasteiger partial charge in [-0.25, -0.2) is 8.78 Å². The van der Waals surface area contributed by atoms with Crippen LogP contribution in [0, 0.1) is 18.6 Å². The summed E-state index contributed by atoms with van der Waals surface area (Å²) in [4.78, 5) is 1.01. The summed E-state index contributed by atoms with van der Waals surface area (Å²) in [6, 6.07) is 9.71. The van der Waals surface area contributed by atoms with Gasteiger partial charge in [-0.2, -0.15) is 0 Å². The molecule has 2 aromatic carbocycles. The highest BCUT2D eigenvalue weighted by molar-refractivity contribution is 9.10. The second-order valence-corrected chi connectivity index (χ2v) is 6.47. The first kappa shape index (κ1) is 15.5. The summed E-state index contributed by atoms with van der Waals surface area (Å²) in [5.74, 6) is -0.718. The lowest BCUT2D eigenvalue weighted by molar-refractivity contribution is 0.533. The van der Waals surface area contributed by atoms with E-state index in [1.807, 2.05) is 24.3 Å². The lowest BCUT2D eigenvalue weighted by atomic mass is 10.0. The number of rotatable bonds is 4. The average molecular weight is 358 g/mol. The van der Waals surface area contributed by atoms with Crippen LogP contribution in [0.3, 0.4) is 0 Å². The topological polar surface area (TPSA) is 26.0 Å². The fraction of sp³-hybridized carbons (Fsp3) is 0.200. The summed E-state index contributed by atoms with van der Waals surface area (Å²) in [5.41, 5.74) is 6.31. The lowest BCUT2D eigenvalue weighted by Gasteiger charge is -2.15. The molecule has 0 spiro atoms. The maximum atomic E-state index is 14.0. The largest absolute Gasteiger partial charge is 0.323 e. The highest BCUT2D eigenvalue weighted by atomic mass is 79.9. The molecule has 5 heteroatoms. The molecule has 2 aromatic rings. The molecule has 2 rings (SSSR count). The molecule has 0 heterocycles. The maximum absolute atomic E-state index is 14.0. The van der Waals surface area contributed by atoms with Gasteiger partial charge in [0.15, 0.2) is 0 Å². The molecule has 0 aromatic heterocycles. The molecule has 0 saturated heterocycles. The molecule has 0 aliphatic rings. The zero-order valence-electron chi connectivity index (χ0n) is 10.9. The predicted octanol–water partition coefficient (Wildman–Crippen LogP) is 4.83. The summed E-state index contributed by atoms with van der Waals surface area (Å²) in [6.45, 7) is 1.60. The Hall–Kier alpha value is -0.910. The number of aryl methyl sites for hydroxylation is 1. The van der Waals surface area contributed by atoms with Gasteiger partial charge in [-0.05, 0) is 42.8 Å². The fourth-order valence-electron chi connectivity index (χ4n) is 1.82. The first-order valence-corrected chi connectivity index (χ1v) is 7.85. The van der Waals surface area contributed by atoms with Gasteiger partial charge in [-0.3, -0.25) is 0 Å². The number of nitrogens with two attached hydrogens (primary N) is 1. The SMILES string of the molecule is Cc1ccc(F)c(C(N)CSc2ccc(Br)cc2)c1F. The number of halogens is 3. The molecule has 1 nitrogen and oxygen atoms in total. The predicted molar refractivity (Wildman–Crippen MR) is 82.9 cm³/mol. The third-order valence-electron chi connectivity index (χ3n) is 2.93. The van der Waals surface area contributed by atoms with E-state index in [-0.39, 0.29) is 5.56 Å². The molecule has 0 saturated carbocycles. The average Bonchev–Trinajstić information content (AvgIpc) is 2.43. The van der Waals surface area contributed by atoms with Crippen LogP contribution in [0.5, 0.6) is 0 Å². The van der Waals surface area contributed by atoms with Crippen LogP contribution in [0.15, 0.2) is 45.8 Å². The minimum atomic E-state index is -0.677. The Balaban J connectivity index is 2.11. The molecule has 2 N–H and O–H groups in total. The van der Waals surface area contributed by atoms with Crippen LogP contribution >= 0.6 is 27.7 Å². The van der Waals surface area contributed by atoms with Crippen LogP contribution in [0.2, 0.25) is 0 Å². The maximum Gasteiger partial charge on any atom is 0.133 e. The van der Waals surface area contributed by atoms with Gasteiger partial charge >= 0.3 is 0 Å². The number of hydrogen-bond donors (Lipinski definition) is 1. The van der Waals surface area contributed by atoms with Crippen LogP contribution in [0.1, 0.15) is 17.2 Å². The fourth-order valence-corrected chi connectivity index (χ4v) is 2.95. The van der Waals surface area contributed by atoms with Gasteiger partial charge in [0.25, 0.3) is 0 Å². The zero-order valence-corrected chi connectivity index (χ0v) is 13.3. The van der Waals surface area contributed by atoms with Gasteiger partial charge in [-0.1, -0.05) is 22.0 Å². The Kier molecular flexibility index (Phi) is 5.18. The first-order valence-electron chi connectivity index (χ1n) is 6.07. The third kappa shape index (κ3) is 3.59. The van der Waals surface area contributed by atoms with Crippen molar-refractivity contribution in [2.24, 2.45) is 5.73 Å². The van der Waals surface area contributed by atoms with E-state index in [4.69, 9.17) is 5.73 Å². The van der Waals surface area contributed by atoms with Gasteiger partial charge in [0.2, 0.25) is 0 Å². The van der Waals surface area contributed by atoms with Gasteiger partial charge in [0.05, 0.1) is 0 Å². The first-order chi connectivity index (χ1) is 9.49. The second kappa shape index (κ2) is 6.70. The molecule has 0 amide bonds. The molecule has 0 bridgehead atoms. The summed E-state index contributed by atoms with van der Waals surface area (Å²) in [6.07, 6.45) is 0. The van der Waals surface area contributed by atoms with E-state index in [0.717, 1.165) is 9.37 Å². The summed E-state index contributed by atoms with van der Waals surface area (Å²) in [7, 11) is 0. The Bertz CT molecular complexity index is 602. The summed E-state index contributed by atoms with van der Waals surface area (Å²) < 4.78 is 28.7. The van der Waals surface area contributed by atoms with Crippen molar-refractivity contribution in [2.45, 2.75) is 17.9 Å². The van der Waals surface area contributed by atoms with E-state index in [0.29, 0.717) is 11.3 Å². The van der Waals surface area contributed by atoms with Gasteiger partial charge < -0.3 is 5.73 Å². The minimum absolute atomic E-state index is 0.0328. The van der Waals surface area contributed by atoms with Crippen molar-refractivity contribution in [2.75, 3.05) is 5.75 Å². The van der Waals surface area contributed by atoms with E-state index in [1.54, 1.807) is 6.92 Å². The number of thioether (sulfide) groups is 1. The van der Waals surface area contributed by atoms with Crippen molar-refractivity contribution in [3.8, 4) is 0 Å². The normalized spacial score (nSPS) is 12.4. The van der Waals surface area contributed by atoms with Crippen LogP contribution in [-0.2, 0) is 0 Å². The van der Waals surface area contributed by atoms with Crippen LogP contribution in [0.4, 0.5) is 8.78 Å². The Morgan fingerprint density at radius 3 is 2.45 bits per heavy atom. The molecule has 1 unspecified atom stereocenters. The quantitative estimate of drug-likeness (QED) is 0.793. The molecule has 0 radical (unpaired) electrons. The molecule has 0 aliphatic heterocycles. The van der Waals surface area contributed by atoms with Crippen molar-refractivity contribution in [3.63, 3.8) is 0 Å². The van der Waals surface area contributed by atoms with Gasteiger partial charge in [0.1, 0.15) is 11.6 Å². The van der Waals surface area contributed by atoms with Crippen molar-refractivity contribution >= 4 is 27.7 Å². The standard InChI is InChI=1S/C15H14BrF2NS/c1-9-2-7-12(17)14(15(9)18)13(19)8-20-11-5-3-10(16)4-6-11/h2-7,13H,8,19H2,1H3. The highest BCUT2D eigenvalue weighted by Gasteiger charge is 2.18. The molecule has 106 valence electrons. The molecular formula is C15H14BrF2NS. The van der Waals surface area contributed by atoms with Crippen molar-refractivity contribution in [1.82, 2.24) is 0 Å². The molecular weight excluding hydrogens is 344 g/mol. The van der Waals surface area contributed by atoms with E-state index in [1.165, 1.54) is 23.9 Å². The Labute approximate surface area is 129 Å². The molecule has 1 atom stereocenters. The van der Waals surface area contributed by atoms with E-state index in [9.17, 15) is 8.78 Å². The number of hydrogen-bond acceptors (Lipinski definition) is 2. The van der Waals surface area contributed by atoms with E-state index in [2.05, 4.69) is 15.9 Å². The molecule has 0 aliphatic carbocycles. The zero-order chi connectivity index (χ0) is 14.7. The monoisotopic (exact) mass is 357 g/mol. The van der Waals surface area contributed by atoms with Crippen molar-refractivity contribution < 1.29 is 8.78 Å².